The zero-order valence-corrected chi connectivity index (χ0v) is 13.4. The van der Waals surface area contributed by atoms with E-state index in [4.69, 9.17) is 14.0 Å². The third kappa shape index (κ3) is 4.13. The third-order valence-electron chi connectivity index (χ3n) is 3.18. The van der Waals surface area contributed by atoms with Gasteiger partial charge in [-0.15, -0.1) is 0 Å². The number of hydrogen-bond donors (Lipinski definition) is 3. The quantitative estimate of drug-likeness (QED) is 0.546. The van der Waals surface area contributed by atoms with Crippen LogP contribution in [0.25, 0.3) is 0 Å². The monoisotopic (exact) mass is 339 g/mol. The van der Waals surface area contributed by atoms with Crippen molar-refractivity contribution in [3.63, 3.8) is 0 Å². The van der Waals surface area contributed by atoms with Crippen molar-refractivity contribution < 1.29 is 27.6 Å². The minimum absolute atomic E-state index is 0.219. The van der Waals surface area contributed by atoms with E-state index in [1.807, 2.05) is 0 Å². The number of anilines is 1. The molecule has 0 fully saturated rings. The number of nitrogens with one attached hydrogen (secondary N) is 1. The van der Waals surface area contributed by atoms with E-state index in [0.717, 1.165) is 0 Å². The molecule has 2 aromatic rings. The van der Waals surface area contributed by atoms with Gasteiger partial charge in [0, 0.05) is 11.3 Å². The highest BCUT2D eigenvalue weighted by molar-refractivity contribution is 7.85. The van der Waals surface area contributed by atoms with Gasteiger partial charge in [0.05, 0.1) is 19.1 Å². The van der Waals surface area contributed by atoms with Gasteiger partial charge in [0.25, 0.3) is 10.1 Å². The van der Waals surface area contributed by atoms with Gasteiger partial charge in [-0.1, -0.05) is 6.07 Å². The first-order valence-corrected chi connectivity index (χ1v) is 8.03. The summed E-state index contributed by atoms with van der Waals surface area (Å²) in [5.41, 5.74) is 1.03. The molecule has 1 unspecified atom stereocenters. The number of rotatable bonds is 6. The van der Waals surface area contributed by atoms with Crippen molar-refractivity contribution in [2.75, 3.05) is 19.5 Å². The smallest absolute Gasteiger partial charge is 0.294 e. The van der Waals surface area contributed by atoms with Gasteiger partial charge in [0.2, 0.25) is 0 Å². The lowest BCUT2D eigenvalue weighted by atomic mass is 10.1. The molecule has 0 aliphatic heterocycles. The Hall–Kier alpha value is -2.29. The molecule has 0 heterocycles. The molecule has 0 aliphatic carbocycles. The first-order chi connectivity index (χ1) is 10.8. The Morgan fingerprint density at radius 1 is 1.00 bits per heavy atom. The second kappa shape index (κ2) is 6.86. The molecule has 1 atom stereocenters. The summed E-state index contributed by atoms with van der Waals surface area (Å²) in [6.45, 7) is 0. The van der Waals surface area contributed by atoms with Crippen LogP contribution in [0, 0.1) is 0 Å². The number of benzene rings is 2. The largest absolute Gasteiger partial charge is 0.493 e. The fourth-order valence-corrected chi connectivity index (χ4v) is 2.47. The van der Waals surface area contributed by atoms with Crippen molar-refractivity contribution in [2.24, 2.45) is 0 Å². The minimum Gasteiger partial charge on any atom is -0.493 e. The highest BCUT2D eigenvalue weighted by atomic mass is 32.2. The highest BCUT2D eigenvalue weighted by Crippen LogP contribution is 2.30. The predicted octanol–water partition coefficient (Wildman–Crippen LogP) is 2.05. The molecular formula is C15H17NO6S. The van der Waals surface area contributed by atoms with Gasteiger partial charge in [-0.3, -0.25) is 4.55 Å². The summed E-state index contributed by atoms with van der Waals surface area (Å²) < 4.78 is 41.2. The third-order valence-corrected chi connectivity index (χ3v) is 4.05. The van der Waals surface area contributed by atoms with Gasteiger partial charge in [0.15, 0.2) is 17.7 Å². The van der Waals surface area contributed by atoms with Crippen LogP contribution in [-0.2, 0) is 10.1 Å². The van der Waals surface area contributed by atoms with E-state index in [1.54, 1.807) is 18.2 Å². The van der Waals surface area contributed by atoms with Gasteiger partial charge >= 0.3 is 0 Å². The fraction of sp³-hybridized carbons (Fsp3) is 0.200. The second-order valence-corrected chi connectivity index (χ2v) is 6.08. The number of methoxy groups -OCH3 is 2. The maximum Gasteiger partial charge on any atom is 0.294 e. The van der Waals surface area contributed by atoms with Crippen molar-refractivity contribution in [3.05, 3.63) is 48.0 Å². The van der Waals surface area contributed by atoms with Crippen LogP contribution in [0.4, 0.5) is 5.69 Å². The van der Waals surface area contributed by atoms with E-state index in [9.17, 15) is 13.5 Å². The van der Waals surface area contributed by atoms with Crippen molar-refractivity contribution in [3.8, 4) is 11.5 Å². The van der Waals surface area contributed by atoms with Crippen LogP contribution in [0.2, 0.25) is 0 Å². The van der Waals surface area contributed by atoms with Gasteiger partial charge in [-0.2, -0.15) is 8.42 Å². The Morgan fingerprint density at radius 2 is 1.61 bits per heavy atom. The number of aliphatic hydroxyl groups is 1. The average Bonchev–Trinajstić information content (AvgIpc) is 2.53. The van der Waals surface area contributed by atoms with E-state index < -0.39 is 16.3 Å². The SMILES string of the molecule is COc1ccc(C(O)Nc2ccc(S(=O)(=O)O)cc2)cc1OC. The molecule has 0 saturated heterocycles. The molecule has 0 saturated carbocycles. The van der Waals surface area contributed by atoms with Crippen LogP contribution in [0.5, 0.6) is 11.5 Å². The molecule has 0 aliphatic rings. The Labute approximate surface area is 134 Å². The van der Waals surface area contributed by atoms with Crippen molar-refractivity contribution in [2.45, 2.75) is 11.1 Å². The highest BCUT2D eigenvalue weighted by Gasteiger charge is 2.13. The molecule has 8 heteroatoms. The normalized spacial score (nSPS) is 12.5. The summed E-state index contributed by atoms with van der Waals surface area (Å²) in [6, 6.07) is 10.3. The predicted molar refractivity (Wildman–Crippen MR) is 84.4 cm³/mol. The molecule has 0 bridgehead atoms. The summed E-state index contributed by atoms with van der Waals surface area (Å²) in [4.78, 5) is -0.219. The molecule has 7 nitrogen and oxygen atoms in total. The Bertz CT molecular complexity index is 773. The first kappa shape index (κ1) is 17.1. The lowest BCUT2D eigenvalue weighted by Gasteiger charge is -2.16. The van der Waals surface area contributed by atoms with Gasteiger partial charge in [-0.25, -0.2) is 0 Å². The van der Waals surface area contributed by atoms with Gasteiger partial charge < -0.3 is 19.9 Å². The molecule has 0 amide bonds. The summed E-state index contributed by atoms with van der Waals surface area (Å²) in [5, 5.41) is 13.0. The van der Waals surface area contributed by atoms with Crippen molar-refractivity contribution in [1.29, 1.82) is 0 Å². The Balaban J connectivity index is 2.17. The molecule has 0 spiro atoms. The molecule has 124 valence electrons. The van der Waals surface area contributed by atoms with E-state index in [2.05, 4.69) is 5.32 Å². The van der Waals surface area contributed by atoms with Gasteiger partial charge in [0.1, 0.15) is 0 Å². The number of hydrogen-bond acceptors (Lipinski definition) is 6. The summed E-state index contributed by atoms with van der Waals surface area (Å²) >= 11 is 0. The van der Waals surface area contributed by atoms with Crippen molar-refractivity contribution >= 4 is 15.8 Å². The van der Waals surface area contributed by atoms with Crippen LogP contribution in [0.15, 0.2) is 47.4 Å². The summed E-state index contributed by atoms with van der Waals surface area (Å²) in [7, 11) is -1.23. The molecule has 23 heavy (non-hydrogen) atoms. The molecule has 0 aromatic heterocycles. The molecule has 2 aromatic carbocycles. The van der Waals surface area contributed by atoms with E-state index in [0.29, 0.717) is 22.7 Å². The Kier molecular flexibility index (Phi) is 5.09. The summed E-state index contributed by atoms with van der Waals surface area (Å²) in [5.74, 6) is 1.02. The number of aliphatic hydroxyl groups excluding tert-OH is 1. The second-order valence-electron chi connectivity index (χ2n) is 4.66. The van der Waals surface area contributed by atoms with E-state index in [-0.39, 0.29) is 4.90 Å². The van der Waals surface area contributed by atoms with Crippen LogP contribution < -0.4 is 14.8 Å². The number of ether oxygens (including phenoxy) is 2. The van der Waals surface area contributed by atoms with Crippen LogP contribution in [0.3, 0.4) is 0 Å². The average molecular weight is 339 g/mol. The standard InChI is InChI=1S/C15H17NO6S/c1-21-13-8-3-10(9-14(13)22-2)15(17)16-11-4-6-12(7-5-11)23(18,19)20/h3-9,15-17H,1-2H3,(H,18,19,20). The van der Waals surface area contributed by atoms with Crippen LogP contribution in [-0.4, -0.2) is 32.3 Å². The maximum absolute atomic E-state index is 11.0. The molecule has 0 radical (unpaired) electrons. The zero-order valence-electron chi connectivity index (χ0n) is 12.6. The summed E-state index contributed by atoms with van der Waals surface area (Å²) in [6.07, 6.45) is -1.04. The zero-order chi connectivity index (χ0) is 17.0. The van der Waals surface area contributed by atoms with Gasteiger partial charge in [-0.05, 0) is 36.4 Å². The van der Waals surface area contributed by atoms with E-state index >= 15 is 0 Å². The molecular weight excluding hydrogens is 322 g/mol. The van der Waals surface area contributed by atoms with Crippen molar-refractivity contribution in [1.82, 2.24) is 0 Å². The first-order valence-electron chi connectivity index (χ1n) is 6.59. The molecule has 2 rings (SSSR count). The van der Waals surface area contributed by atoms with Crippen LogP contribution >= 0.6 is 0 Å². The topological polar surface area (TPSA) is 105 Å². The minimum atomic E-state index is -4.24. The Morgan fingerprint density at radius 3 is 2.13 bits per heavy atom. The van der Waals surface area contributed by atoms with Crippen LogP contribution in [0.1, 0.15) is 11.8 Å². The molecule has 3 N–H and O–H groups in total. The lowest BCUT2D eigenvalue weighted by Crippen LogP contribution is -2.10. The lowest BCUT2D eigenvalue weighted by molar-refractivity contribution is 0.207. The maximum atomic E-state index is 11.0. The van der Waals surface area contributed by atoms with E-state index in [1.165, 1.54) is 38.5 Å². The fourth-order valence-electron chi connectivity index (χ4n) is 1.99.